The van der Waals surface area contributed by atoms with Crippen molar-refractivity contribution < 1.29 is 19.1 Å². The molecule has 175 valence electrons. The quantitative estimate of drug-likeness (QED) is 0.519. The second-order valence-corrected chi connectivity index (χ2v) is 8.61. The molecular weight excluding hydrogens is 418 g/mol. The number of carbonyl (C=O) groups excluding carboxylic acids is 3. The van der Waals surface area contributed by atoms with Gasteiger partial charge in [0, 0.05) is 25.4 Å². The fourth-order valence-corrected chi connectivity index (χ4v) is 3.42. The second-order valence-electron chi connectivity index (χ2n) is 8.61. The van der Waals surface area contributed by atoms with E-state index in [0.717, 1.165) is 29.7 Å². The third kappa shape index (κ3) is 7.63. The Kier molecular flexibility index (Phi) is 8.46. The first-order valence-electron chi connectivity index (χ1n) is 11.3. The SMILES string of the molecule is CC(C[CH]C(=O)NC(Cc1ccc(OCc2ccccc2)cc1)C(=O)N(C)C1CC1)C(N)=O. The summed E-state index contributed by atoms with van der Waals surface area (Å²) in [6.45, 7) is 2.14. The Morgan fingerprint density at radius 2 is 1.76 bits per heavy atom. The van der Waals surface area contributed by atoms with Gasteiger partial charge in [-0.2, -0.15) is 0 Å². The summed E-state index contributed by atoms with van der Waals surface area (Å²) in [4.78, 5) is 38.4. The number of ether oxygens (including phenoxy) is 1. The fourth-order valence-electron chi connectivity index (χ4n) is 3.42. The van der Waals surface area contributed by atoms with Crippen molar-refractivity contribution in [3.05, 3.63) is 72.1 Å². The highest BCUT2D eigenvalue weighted by Gasteiger charge is 2.34. The molecule has 1 radical (unpaired) electrons. The maximum Gasteiger partial charge on any atom is 0.245 e. The van der Waals surface area contributed by atoms with Gasteiger partial charge in [0.2, 0.25) is 17.7 Å². The van der Waals surface area contributed by atoms with Crippen LogP contribution in [-0.2, 0) is 27.4 Å². The van der Waals surface area contributed by atoms with Crippen LogP contribution in [-0.4, -0.2) is 41.8 Å². The molecule has 1 aliphatic carbocycles. The molecule has 7 nitrogen and oxygen atoms in total. The minimum absolute atomic E-state index is 0.119. The Bertz CT molecular complexity index is 942. The standard InChI is InChI=1S/C26H32N3O4/c1-18(25(27)31)8-15-24(30)28-23(26(32)29(2)21-11-12-21)16-19-9-13-22(14-10-19)33-17-20-6-4-3-5-7-20/h3-7,9-10,13-15,18,21,23H,8,11-12,16-17H2,1-2H3,(H2,27,31)(H,28,30). The fraction of sp³-hybridized carbons (Fsp3) is 0.385. The van der Waals surface area contributed by atoms with Crippen molar-refractivity contribution in [1.29, 1.82) is 0 Å². The van der Waals surface area contributed by atoms with Crippen LogP contribution in [0.25, 0.3) is 0 Å². The van der Waals surface area contributed by atoms with Crippen LogP contribution in [0.3, 0.4) is 0 Å². The van der Waals surface area contributed by atoms with Gasteiger partial charge in [-0.3, -0.25) is 14.4 Å². The van der Waals surface area contributed by atoms with Gasteiger partial charge in [-0.1, -0.05) is 49.4 Å². The number of nitrogens with zero attached hydrogens (tertiary/aromatic N) is 1. The smallest absolute Gasteiger partial charge is 0.245 e. The number of primary amides is 1. The molecule has 2 aromatic carbocycles. The molecular formula is C26H32N3O4. The zero-order valence-corrected chi connectivity index (χ0v) is 19.2. The van der Waals surface area contributed by atoms with Crippen molar-refractivity contribution in [2.24, 2.45) is 11.7 Å². The summed E-state index contributed by atoms with van der Waals surface area (Å²) in [6.07, 6.45) is 3.94. The molecule has 1 fully saturated rings. The van der Waals surface area contributed by atoms with Crippen LogP contribution in [0.5, 0.6) is 5.75 Å². The lowest BCUT2D eigenvalue weighted by Gasteiger charge is -2.25. The van der Waals surface area contributed by atoms with Gasteiger partial charge in [0.05, 0.1) is 6.42 Å². The van der Waals surface area contributed by atoms with E-state index in [1.165, 1.54) is 6.42 Å². The van der Waals surface area contributed by atoms with Crippen LogP contribution in [0.1, 0.15) is 37.3 Å². The zero-order valence-electron chi connectivity index (χ0n) is 19.2. The number of nitrogens with two attached hydrogens (primary N) is 1. The molecule has 3 rings (SSSR count). The van der Waals surface area contributed by atoms with Crippen LogP contribution in [0.15, 0.2) is 54.6 Å². The molecule has 7 heteroatoms. The van der Waals surface area contributed by atoms with Crippen LogP contribution >= 0.6 is 0 Å². The summed E-state index contributed by atoms with van der Waals surface area (Å²) in [5.74, 6) is -0.671. The summed E-state index contributed by atoms with van der Waals surface area (Å²) in [5.41, 5.74) is 7.25. The first kappa shape index (κ1) is 24.3. The third-order valence-corrected chi connectivity index (χ3v) is 5.81. The lowest BCUT2D eigenvalue weighted by Crippen LogP contribution is -2.49. The number of hydrogen-bond acceptors (Lipinski definition) is 4. The number of rotatable bonds is 12. The Labute approximate surface area is 195 Å². The molecule has 2 aromatic rings. The predicted octanol–water partition coefficient (Wildman–Crippen LogP) is 2.63. The van der Waals surface area contributed by atoms with Crippen molar-refractivity contribution in [2.45, 2.75) is 51.3 Å². The van der Waals surface area contributed by atoms with E-state index >= 15 is 0 Å². The lowest BCUT2D eigenvalue weighted by molar-refractivity contribution is -0.135. The normalized spacial score (nSPS) is 14.7. The largest absolute Gasteiger partial charge is 0.489 e. The Balaban J connectivity index is 1.60. The molecule has 3 N–H and O–H groups in total. The van der Waals surface area contributed by atoms with Crippen LogP contribution < -0.4 is 15.8 Å². The van der Waals surface area contributed by atoms with Crippen molar-refractivity contribution in [1.82, 2.24) is 10.2 Å². The summed E-state index contributed by atoms with van der Waals surface area (Å²) in [7, 11) is 1.78. The average molecular weight is 451 g/mol. The van der Waals surface area contributed by atoms with E-state index in [0.29, 0.717) is 13.0 Å². The van der Waals surface area contributed by atoms with E-state index < -0.39 is 17.9 Å². The van der Waals surface area contributed by atoms with Gasteiger partial charge in [-0.15, -0.1) is 0 Å². The Morgan fingerprint density at radius 1 is 1.09 bits per heavy atom. The van der Waals surface area contributed by atoms with Crippen molar-refractivity contribution in [3.63, 3.8) is 0 Å². The van der Waals surface area contributed by atoms with E-state index in [-0.39, 0.29) is 24.3 Å². The second kappa shape index (κ2) is 11.5. The summed E-state index contributed by atoms with van der Waals surface area (Å²) in [5, 5.41) is 2.82. The van der Waals surface area contributed by atoms with Gasteiger partial charge in [0.1, 0.15) is 18.4 Å². The van der Waals surface area contributed by atoms with Gasteiger partial charge >= 0.3 is 0 Å². The molecule has 3 amide bonds. The number of hydrogen-bond donors (Lipinski definition) is 2. The molecule has 33 heavy (non-hydrogen) atoms. The van der Waals surface area contributed by atoms with Gasteiger partial charge in [0.25, 0.3) is 0 Å². The zero-order chi connectivity index (χ0) is 23.8. The maximum atomic E-state index is 13.0. The maximum absolute atomic E-state index is 13.0. The Morgan fingerprint density at radius 3 is 2.36 bits per heavy atom. The first-order chi connectivity index (χ1) is 15.8. The van der Waals surface area contributed by atoms with Crippen molar-refractivity contribution >= 4 is 17.7 Å². The van der Waals surface area contributed by atoms with E-state index in [4.69, 9.17) is 10.5 Å². The minimum Gasteiger partial charge on any atom is -0.489 e. The van der Waals surface area contributed by atoms with Crippen LogP contribution in [0.2, 0.25) is 0 Å². The highest BCUT2D eigenvalue weighted by Crippen LogP contribution is 2.26. The van der Waals surface area contributed by atoms with E-state index in [2.05, 4.69) is 5.32 Å². The molecule has 1 saturated carbocycles. The van der Waals surface area contributed by atoms with Crippen molar-refractivity contribution in [3.8, 4) is 5.75 Å². The molecule has 0 aromatic heterocycles. The number of carbonyl (C=O) groups is 3. The molecule has 0 spiro atoms. The number of amides is 3. The molecule has 2 atom stereocenters. The first-order valence-corrected chi connectivity index (χ1v) is 11.3. The number of likely N-dealkylation sites (N-methyl/N-ethyl adjacent to an activating group) is 1. The predicted molar refractivity (Wildman–Crippen MR) is 126 cm³/mol. The summed E-state index contributed by atoms with van der Waals surface area (Å²) in [6, 6.07) is 17.0. The van der Waals surface area contributed by atoms with Crippen molar-refractivity contribution in [2.75, 3.05) is 7.05 Å². The van der Waals surface area contributed by atoms with Crippen LogP contribution in [0, 0.1) is 12.3 Å². The Hall–Kier alpha value is -3.35. The summed E-state index contributed by atoms with van der Waals surface area (Å²) >= 11 is 0. The monoisotopic (exact) mass is 450 g/mol. The van der Waals surface area contributed by atoms with E-state index in [9.17, 15) is 14.4 Å². The highest BCUT2D eigenvalue weighted by molar-refractivity contribution is 5.92. The molecule has 1 aliphatic rings. The minimum atomic E-state index is -0.695. The molecule has 0 saturated heterocycles. The van der Waals surface area contributed by atoms with E-state index in [1.807, 2.05) is 54.6 Å². The summed E-state index contributed by atoms with van der Waals surface area (Å²) < 4.78 is 5.83. The number of benzene rings is 2. The lowest BCUT2D eigenvalue weighted by atomic mass is 10.0. The van der Waals surface area contributed by atoms with Crippen LogP contribution in [0.4, 0.5) is 0 Å². The molecule has 2 unspecified atom stereocenters. The molecule has 0 aliphatic heterocycles. The average Bonchev–Trinajstić information content (AvgIpc) is 3.67. The molecule has 0 heterocycles. The van der Waals surface area contributed by atoms with Gasteiger partial charge < -0.3 is 20.7 Å². The highest BCUT2D eigenvalue weighted by atomic mass is 16.5. The molecule has 0 bridgehead atoms. The van der Waals surface area contributed by atoms with Gasteiger partial charge in [-0.25, -0.2) is 0 Å². The topological polar surface area (TPSA) is 102 Å². The van der Waals surface area contributed by atoms with E-state index in [1.54, 1.807) is 18.9 Å². The number of nitrogens with one attached hydrogen (secondary N) is 1. The third-order valence-electron chi connectivity index (χ3n) is 5.81. The van der Waals surface area contributed by atoms with Gasteiger partial charge in [0.15, 0.2) is 0 Å². The van der Waals surface area contributed by atoms with Gasteiger partial charge in [-0.05, 0) is 42.5 Å².